The Bertz CT molecular complexity index is 425. The number of rotatable bonds is 9. The predicted molar refractivity (Wildman–Crippen MR) is 91.4 cm³/mol. The Kier molecular flexibility index (Phi) is 7.37. The molecule has 0 aliphatic heterocycles. The highest BCUT2D eigenvalue weighted by atomic mass is 79.9. The smallest absolute Gasteiger partial charge is 0.115 e. The molecule has 1 rings (SSSR count). The van der Waals surface area contributed by atoms with Crippen LogP contribution in [0.1, 0.15) is 65.7 Å². The van der Waals surface area contributed by atoms with Gasteiger partial charge < -0.3 is 5.11 Å². The van der Waals surface area contributed by atoms with Crippen LogP contribution in [0.15, 0.2) is 10.7 Å². The van der Waals surface area contributed by atoms with E-state index in [1.165, 1.54) is 0 Å². The van der Waals surface area contributed by atoms with Gasteiger partial charge in [-0.05, 0) is 48.3 Å². The third-order valence-electron chi connectivity index (χ3n) is 4.65. The third kappa shape index (κ3) is 3.51. The Balaban J connectivity index is 3.29. The van der Waals surface area contributed by atoms with Crippen LogP contribution in [0.5, 0.6) is 0 Å². The minimum Gasteiger partial charge on any atom is -0.385 e. The van der Waals surface area contributed by atoms with Crippen LogP contribution in [0.25, 0.3) is 0 Å². The Labute approximate surface area is 137 Å². The average molecular weight is 360 g/mol. The van der Waals surface area contributed by atoms with Gasteiger partial charge in [0.2, 0.25) is 0 Å². The molecular formula is C16H30BrN3O. The highest BCUT2D eigenvalue weighted by Crippen LogP contribution is 2.39. The molecule has 0 aliphatic rings. The summed E-state index contributed by atoms with van der Waals surface area (Å²) in [6.07, 6.45) is 4.08. The van der Waals surface area contributed by atoms with E-state index in [1.54, 1.807) is 6.20 Å². The summed E-state index contributed by atoms with van der Waals surface area (Å²) in [4.78, 5) is 2.38. The van der Waals surface area contributed by atoms with Crippen LogP contribution >= 0.6 is 15.9 Å². The van der Waals surface area contributed by atoms with Crippen molar-refractivity contribution in [2.75, 3.05) is 13.1 Å². The number of aliphatic hydroxyl groups excluding tert-OH is 1. The molecule has 0 aliphatic carbocycles. The summed E-state index contributed by atoms with van der Waals surface area (Å²) in [5, 5.41) is 15.6. The van der Waals surface area contributed by atoms with Crippen LogP contribution in [0.4, 0.5) is 0 Å². The van der Waals surface area contributed by atoms with E-state index in [0.717, 1.165) is 49.1 Å². The number of aromatic nitrogens is 2. The third-order valence-corrected chi connectivity index (χ3v) is 5.27. The molecule has 0 spiro atoms. The average Bonchev–Trinajstić information content (AvgIpc) is 2.85. The predicted octanol–water partition coefficient (Wildman–Crippen LogP) is 3.99. The molecule has 5 heteroatoms. The maximum absolute atomic E-state index is 11.2. The van der Waals surface area contributed by atoms with E-state index in [9.17, 15) is 5.11 Å². The number of hydrogen-bond donors (Lipinski definition) is 1. The largest absolute Gasteiger partial charge is 0.385 e. The van der Waals surface area contributed by atoms with Crippen LogP contribution in [-0.2, 0) is 6.54 Å². The van der Waals surface area contributed by atoms with E-state index in [0.29, 0.717) is 0 Å². The van der Waals surface area contributed by atoms with Gasteiger partial charge in [-0.2, -0.15) is 5.10 Å². The molecule has 1 unspecified atom stereocenters. The monoisotopic (exact) mass is 359 g/mol. The van der Waals surface area contributed by atoms with E-state index < -0.39 is 6.10 Å². The summed E-state index contributed by atoms with van der Waals surface area (Å²) in [6, 6.07) is 0. The molecule has 1 N–H and O–H groups in total. The van der Waals surface area contributed by atoms with Crippen molar-refractivity contribution in [2.45, 2.75) is 72.1 Å². The van der Waals surface area contributed by atoms with Crippen molar-refractivity contribution in [1.29, 1.82) is 0 Å². The van der Waals surface area contributed by atoms with Crippen LogP contribution < -0.4 is 0 Å². The zero-order chi connectivity index (χ0) is 16.0. The molecule has 0 saturated heterocycles. The molecule has 122 valence electrons. The molecule has 0 bridgehead atoms. The minimum atomic E-state index is -0.546. The first-order chi connectivity index (χ1) is 10.0. The van der Waals surface area contributed by atoms with Crippen molar-refractivity contribution in [1.82, 2.24) is 14.7 Å². The molecule has 0 saturated carbocycles. The SMILES string of the molecule is CCCn1ncc(Br)c1C(O)C(CC)(CC)N(CC)CC. The van der Waals surface area contributed by atoms with Gasteiger partial charge in [0.05, 0.1) is 21.9 Å². The standard InChI is InChI=1S/C16H30BrN3O/c1-6-11-20-14(13(17)12-18-20)15(21)16(7-2,8-3)19(9-4)10-5/h12,15,21H,6-11H2,1-5H3. The fraction of sp³-hybridized carbons (Fsp3) is 0.812. The molecule has 0 aromatic carbocycles. The van der Waals surface area contributed by atoms with Gasteiger partial charge in [-0.1, -0.05) is 34.6 Å². The fourth-order valence-corrected chi connectivity index (χ4v) is 3.91. The summed E-state index contributed by atoms with van der Waals surface area (Å²) in [5.41, 5.74) is 0.671. The van der Waals surface area contributed by atoms with Crippen molar-refractivity contribution in [3.8, 4) is 0 Å². The molecular weight excluding hydrogens is 330 g/mol. The van der Waals surface area contributed by atoms with Gasteiger partial charge in [0.1, 0.15) is 6.10 Å². The van der Waals surface area contributed by atoms with Crippen LogP contribution in [0.3, 0.4) is 0 Å². The molecule has 21 heavy (non-hydrogen) atoms. The normalized spacial score (nSPS) is 13.9. The van der Waals surface area contributed by atoms with E-state index in [1.807, 2.05) is 4.68 Å². The first kappa shape index (κ1) is 18.7. The van der Waals surface area contributed by atoms with Gasteiger partial charge in [-0.3, -0.25) is 9.58 Å². The Hall–Kier alpha value is -0.390. The number of likely N-dealkylation sites (N-methyl/N-ethyl adjacent to an activating group) is 1. The number of nitrogens with zero attached hydrogens (tertiary/aromatic N) is 3. The summed E-state index contributed by atoms with van der Waals surface area (Å²) in [5.74, 6) is 0. The number of halogens is 1. The number of aliphatic hydroxyl groups is 1. The number of aryl methyl sites for hydroxylation is 1. The minimum absolute atomic E-state index is 0.239. The first-order valence-electron chi connectivity index (χ1n) is 8.16. The maximum atomic E-state index is 11.2. The van der Waals surface area contributed by atoms with Crippen molar-refractivity contribution in [3.05, 3.63) is 16.4 Å². The lowest BCUT2D eigenvalue weighted by Gasteiger charge is -2.45. The molecule has 0 amide bonds. The summed E-state index contributed by atoms with van der Waals surface area (Å²) < 4.78 is 2.85. The second kappa shape index (κ2) is 8.30. The van der Waals surface area contributed by atoms with Gasteiger partial charge in [-0.15, -0.1) is 0 Å². The molecule has 0 fully saturated rings. The van der Waals surface area contributed by atoms with Gasteiger partial charge in [0.25, 0.3) is 0 Å². The topological polar surface area (TPSA) is 41.3 Å². The van der Waals surface area contributed by atoms with Crippen molar-refractivity contribution in [3.63, 3.8) is 0 Å². The van der Waals surface area contributed by atoms with Gasteiger partial charge >= 0.3 is 0 Å². The summed E-state index contributed by atoms with van der Waals surface area (Å²) in [7, 11) is 0. The van der Waals surface area contributed by atoms with Crippen LogP contribution in [-0.4, -0.2) is 38.4 Å². The molecule has 1 aromatic rings. The van der Waals surface area contributed by atoms with Gasteiger partial charge in [-0.25, -0.2) is 0 Å². The van der Waals surface area contributed by atoms with Crippen molar-refractivity contribution in [2.24, 2.45) is 0 Å². The second-order valence-electron chi connectivity index (χ2n) is 5.49. The zero-order valence-electron chi connectivity index (χ0n) is 14.1. The molecule has 4 nitrogen and oxygen atoms in total. The van der Waals surface area contributed by atoms with E-state index in [-0.39, 0.29) is 5.54 Å². The van der Waals surface area contributed by atoms with Gasteiger partial charge in [0, 0.05) is 6.54 Å². The lowest BCUT2D eigenvalue weighted by atomic mass is 9.82. The Morgan fingerprint density at radius 2 is 1.81 bits per heavy atom. The Morgan fingerprint density at radius 3 is 2.24 bits per heavy atom. The van der Waals surface area contributed by atoms with Crippen molar-refractivity contribution >= 4 is 15.9 Å². The van der Waals surface area contributed by atoms with E-state index in [2.05, 4.69) is 60.5 Å². The lowest BCUT2D eigenvalue weighted by Crippen LogP contribution is -2.52. The van der Waals surface area contributed by atoms with Gasteiger partial charge in [0.15, 0.2) is 0 Å². The lowest BCUT2D eigenvalue weighted by molar-refractivity contribution is -0.0412. The summed E-state index contributed by atoms with van der Waals surface area (Å²) >= 11 is 3.57. The molecule has 1 atom stereocenters. The highest BCUT2D eigenvalue weighted by Gasteiger charge is 2.42. The molecule has 0 radical (unpaired) electrons. The Morgan fingerprint density at radius 1 is 1.24 bits per heavy atom. The van der Waals surface area contributed by atoms with Crippen molar-refractivity contribution < 1.29 is 5.11 Å². The quantitative estimate of drug-likeness (QED) is 0.724. The van der Waals surface area contributed by atoms with E-state index in [4.69, 9.17) is 0 Å². The zero-order valence-corrected chi connectivity index (χ0v) is 15.7. The molecule has 1 heterocycles. The molecule has 1 aromatic heterocycles. The van der Waals surface area contributed by atoms with E-state index >= 15 is 0 Å². The highest BCUT2D eigenvalue weighted by molar-refractivity contribution is 9.10. The van der Waals surface area contributed by atoms with Crippen LogP contribution in [0.2, 0.25) is 0 Å². The second-order valence-corrected chi connectivity index (χ2v) is 6.34. The number of hydrogen-bond acceptors (Lipinski definition) is 3. The maximum Gasteiger partial charge on any atom is 0.115 e. The summed E-state index contributed by atoms with van der Waals surface area (Å²) in [6.45, 7) is 13.5. The fourth-order valence-electron chi connectivity index (χ4n) is 3.40. The van der Waals surface area contributed by atoms with Crippen LogP contribution in [0, 0.1) is 0 Å². The first-order valence-corrected chi connectivity index (χ1v) is 8.95.